The van der Waals surface area contributed by atoms with Gasteiger partial charge >= 0.3 is 0 Å². The van der Waals surface area contributed by atoms with Crippen molar-refractivity contribution in [2.75, 3.05) is 11.9 Å². The lowest BCUT2D eigenvalue weighted by Crippen LogP contribution is -2.40. The Morgan fingerprint density at radius 1 is 1.10 bits per heavy atom. The number of hydrogen-bond acceptors (Lipinski definition) is 2. The lowest BCUT2D eigenvalue weighted by molar-refractivity contribution is -0.121. The Hall–Kier alpha value is -2.20. The predicted octanol–water partition coefficient (Wildman–Crippen LogP) is 2.75. The average molecular weight is 282 g/mol. The molecule has 2 atom stereocenters. The number of hydrogen-bond donors (Lipinski definition) is 2. The second-order valence-electron chi connectivity index (χ2n) is 5.63. The highest BCUT2D eigenvalue weighted by atomic mass is 19.1. The molecule has 1 amide bonds. The van der Waals surface area contributed by atoms with E-state index >= 15 is 0 Å². The highest BCUT2D eigenvalue weighted by Gasteiger charge is 2.55. The molecule has 0 aliphatic carbocycles. The molecule has 1 saturated heterocycles. The van der Waals surface area contributed by atoms with Gasteiger partial charge in [0.05, 0.1) is 11.5 Å². The first-order valence-electron chi connectivity index (χ1n) is 7.12. The minimum Gasteiger partial charge on any atom is -0.325 e. The molecule has 0 aromatic heterocycles. The molecule has 2 aromatic rings. The third-order valence-corrected chi connectivity index (χ3v) is 4.64. The Morgan fingerprint density at radius 2 is 1.86 bits per heavy atom. The van der Waals surface area contributed by atoms with Crippen LogP contribution in [-0.2, 0) is 10.2 Å². The Balaban J connectivity index is 1.91. The number of anilines is 1. The summed E-state index contributed by atoms with van der Waals surface area (Å²) in [6, 6.07) is 14.1. The molecule has 3 nitrogen and oxygen atoms in total. The zero-order valence-corrected chi connectivity index (χ0v) is 11.4. The normalized spacial score (nSPS) is 26.9. The van der Waals surface area contributed by atoms with Gasteiger partial charge in [0, 0.05) is 11.3 Å². The van der Waals surface area contributed by atoms with Crippen LogP contribution in [0.4, 0.5) is 10.1 Å². The van der Waals surface area contributed by atoms with E-state index in [1.807, 2.05) is 30.3 Å². The molecule has 0 bridgehead atoms. The van der Waals surface area contributed by atoms with Gasteiger partial charge in [-0.1, -0.05) is 36.4 Å². The molecule has 1 spiro atoms. The Kier molecular flexibility index (Phi) is 2.62. The van der Waals surface area contributed by atoms with Gasteiger partial charge in [0.15, 0.2) is 0 Å². The Labute approximate surface area is 122 Å². The smallest absolute Gasteiger partial charge is 0.237 e. The van der Waals surface area contributed by atoms with E-state index in [4.69, 9.17) is 0 Å². The SMILES string of the molecule is O=C1Nc2ccccc2[C@]12CCN[C@@H]2c1ccccc1F. The number of amides is 1. The maximum Gasteiger partial charge on any atom is 0.237 e. The van der Waals surface area contributed by atoms with Gasteiger partial charge in [0.25, 0.3) is 0 Å². The van der Waals surface area contributed by atoms with E-state index in [1.54, 1.807) is 12.1 Å². The lowest BCUT2D eigenvalue weighted by Gasteiger charge is -2.29. The van der Waals surface area contributed by atoms with Gasteiger partial charge in [0.1, 0.15) is 5.82 Å². The Morgan fingerprint density at radius 3 is 2.71 bits per heavy atom. The summed E-state index contributed by atoms with van der Waals surface area (Å²) in [4.78, 5) is 12.7. The number of carbonyl (C=O) groups is 1. The molecule has 4 rings (SSSR count). The first-order valence-corrected chi connectivity index (χ1v) is 7.12. The zero-order valence-electron chi connectivity index (χ0n) is 11.4. The molecule has 2 heterocycles. The van der Waals surface area contributed by atoms with Crippen molar-refractivity contribution in [3.05, 3.63) is 65.5 Å². The fraction of sp³-hybridized carbons (Fsp3) is 0.235. The van der Waals surface area contributed by atoms with Crippen molar-refractivity contribution in [2.45, 2.75) is 17.9 Å². The first kappa shape index (κ1) is 12.5. The summed E-state index contributed by atoms with van der Waals surface area (Å²) in [5.41, 5.74) is 1.65. The summed E-state index contributed by atoms with van der Waals surface area (Å²) >= 11 is 0. The van der Waals surface area contributed by atoms with E-state index < -0.39 is 5.41 Å². The third-order valence-electron chi connectivity index (χ3n) is 4.64. The molecule has 2 aliphatic heterocycles. The number of halogens is 1. The molecule has 21 heavy (non-hydrogen) atoms. The van der Waals surface area contributed by atoms with Crippen molar-refractivity contribution >= 4 is 11.6 Å². The molecular weight excluding hydrogens is 267 g/mol. The van der Waals surface area contributed by atoms with E-state index in [0.29, 0.717) is 18.5 Å². The summed E-state index contributed by atoms with van der Waals surface area (Å²) in [5, 5.41) is 6.26. The van der Waals surface area contributed by atoms with Gasteiger partial charge in [-0.3, -0.25) is 4.79 Å². The molecule has 0 radical (unpaired) electrons. The van der Waals surface area contributed by atoms with E-state index in [0.717, 1.165) is 11.3 Å². The molecule has 106 valence electrons. The second-order valence-corrected chi connectivity index (χ2v) is 5.63. The van der Waals surface area contributed by atoms with Crippen LogP contribution in [0.1, 0.15) is 23.6 Å². The highest BCUT2D eigenvalue weighted by Crippen LogP contribution is 2.51. The van der Waals surface area contributed by atoms with E-state index in [2.05, 4.69) is 10.6 Å². The number of para-hydroxylation sites is 1. The zero-order chi connectivity index (χ0) is 14.4. The van der Waals surface area contributed by atoms with Crippen LogP contribution in [0, 0.1) is 5.82 Å². The van der Waals surface area contributed by atoms with Crippen molar-refractivity contribution in [1.82, 2.24) is 5.32 Å². The van der Waals surface area contributed by atoms with Crippen molar-refractivity contribution < 1.29 is 9.18 Å². The monoisotopic (exact) mass is 282 g/mol. The van der Waals surface area contributed by atoms with Gasteiger partial charge in [-0.15, -0.1) is 0 Å². The van der Waals surface area contributed by atoms with Crippen LogP contribution in [0.3, 0.4) is 0 Å². The van der Waals surface area contributed by atoms with Crippen LogP contribution in [0.5, 0.6) is 0 Å². The van der Waals surface area contributed by atoms with Gasteiger partial charge in [-0.2, -0.15) is 0 Å². The van der Waals surface area contributed by atoms with Crippen LogP contribution < -0.4 is 10.6 Å². The van der Waals surface area contributed by atoms with E-state index in [1.165, 1.54) is 6.07 Å². The molecule has 1 fully saturated rings. The minimum absolute atomic E-state index is 0.0399. The molecule has 0 unspecified atom stereocenters. The summed E-state index contributed by atoms with van der Waals surface area (Å²) < 4.78 is 14.2. The van der Waals surface area contributed by atoms with Crippen LogP contribution >= 0.6 is 0 Å². The first-order chi connectivity index (χ1) is 10.2. The maximum atomic E-state index is 14.2. The van der Waals surface area contributed by atoms with Crippen molar-refractivity contribution in [3.8, 4) is 0 Å². The fourth-order valence-corrected chi connectivity index (χ4v) is 3.69. The second kappa shape index (κ2) is 4.40. The van der Waals surface area contributed by atoms with Gasteiger partial charge in [-0.05, 0) is 30.7 Å². The molecule has 2 aromatic carbocycles. The van der Waals surface area contributed by atoms with Crippen molar-refractivity contribution in [3.63, 3.8) is 0 Å². The maximum absolute atomic E-state index is 14.2. The number of rotatable bonds is 1. The van der Waals surface area contributed by atoms with Gasteiger partial charge < -0.3 is 10.6 Å². The number of benzene rings is 2. The summed E-state index contributed by atoms with van der Waals surface area (Å²) in [5.74, 6) is -0.310. The lowest BCUT2D eigenvalue weighted by atomic mass is 9.73. The molecule has 4 heteroatoms. The number of carbonyl (C=O) groups excluding carboxylic acids is 1. The quantitative estimate of drug-likeness (QED) is 0.844. The van der Waals surface area contributed by atoms with Gasteiger partial charge in [-0.25, -0.2) is 4.39 Å². The molecule has 2 aliphatic rings. The van der Waals surface area contributed by atoms with E-state index in [-0.39, 0.29) is 17.8 Å². The number of nitrogens with one attached hydrogen (secondary N) is 2. The summed E-state index contributed by atoms with van der Waals surface area (Å²) in [7, 11) is 0. The van der Waals surface area contributed by atoms with Crippen molar-refractivity contribution in [1.29, 1.82) is 0 Å². The van der Waals surface area contributed by atoms with E-state index in [9.17, 15) is 9.18 Å². The molecule has 2 N–H and O–H groups in total. The molecular formula is C17H15FN2O. The summed E-state index contributed by atoms with van der Waals surface area (Å²) in [6.07, 6.45) is 0.675. The van der Waals surface area contributed by atoms with Crippen LogP contribution in [0.15, 0.2) is 48.5 Å². The standard InChI is InChI=1S/C17H15FN2O/c18-13-7-3-1-5-11(13)15-17(9-10-19-15)12-6-2-4-8-14(12)20-16(17)21/h1-8,15,19H,9-10H2,(H,20,21)/t15-,17+/m1/s1. The fourth-order valence-electron chi connectivity index (χ4n) is 3.69. The third kappa shape index (κ3) is 1.59. The highest BCUT2D eigenvalue weighted by molar-refractivity contribution is 6.07. The number of fused-ring (bicyclic) bond motifs is 2. The average Bonchev–Trinajstić information content (AvgIpc) is 3.05. The summed E-state index contributed by atoms with van der Waals surface area (Å²) in [6.45, 7) is 0.695. The molecule has 0 saturated carbocycles. The van der Waals surface area contributed by atoms with Crippen LogP contribution in [0.2, 0.25) is 0 Å². The van der Waals surface area contributed by atoms with Crippen LogP contribution in [-0.4, -0.2) is 12.5 Å². The largest absolute Gasteiger partial charge is 0.325 e. The Bertz CT molecular complexity index is 730. The van der Waals surface area contributed by atoms with Crippen LogP contribution in [0.25, 0.3) is 0 Å². The minimum atomic E-state index is -0.710. The topological polar surface area (TPSA) is 41.1 Å². The van der Waals surface area contributed by atoms with Gasteiger partial charge in [0.2, 0.25) is 5.91 Å². The predicted molar refractivity (Wildman–Crippen MR) is 78.5 cm³/mol. The van der Waals surface area contributed by atoms with Crippen molar-refractivity contribution in [2.24, 2.45) is 0 Å².